The number of nitrogens with one attached hydrogen (secondary N) is 1. The fourth-order valence-electron chi connectivity index (χ4n) is 1.64. The lowest BCUT2D eigenvalue weighted by atomic mass is 10.2. The second kappa shape index (κ2) is 6.21. The van der Waals surface area contributed by atoms with E-state index in [1.165, 1.54) is 6.92 Å². The van der Waals surface area contributed by atoms with Crippen molar-refractivity contribution in [3.63, 3.8) is 0 Å². The van der Waals surface area contributed by atoms with Gasteiger partial charge in [0.15, 0.2) is 0 Å². The summed E-state index contributed by atoms with van der Waals surface area (Å²) < 4.78 is 0. The second-order valence-corrected chi connectivity index (χ2v) is 4.58. The number of carbonyl (C=O) groups is 2. The molecule has 0 atom stereocenters. The first kappa shape index (κ1) is 14.1. The number of halogens is 1. The smallest absolute Gasteiger partial charge is 0.279 e. The van der Waals surface area contributed by atoms with Gasteiger partial charge in [0, 0.05) is 17.5 Å². The van der Waals surface area contributed by atoms with Crippen LogP contribution < -0.4 is 5.43 Å². The second-order valence-electron chi connectivity index (χ2n) is 4.14. The summed E-state index contributed by atoms with van der Waals surface area (Å²) in [5, 5.41) is 1.55. The molecule has 0 aliphatic heterocycles. The summed E-state index contributed by atoms with van der Waals surface area (Å²) in [4.78, 5) is 23.9. The SMILES string of the molecule is CC(=O)N(Nc1ccc(Cl)cc1)C(=O)c1ccccc1. The highest BCUT2D eigenvalue weighted by atomic mass is 35.5. The minimum atomic E-state index is -0.409. The molecular weight excluding hydrogens is 276 g/mol. The van der Waals surface area contributed by atoms with Gasteiger partial charge in [-0.1, -0.05) is 29.8 Å². The van der Waals surface area contributed by atoms with Gasteiger partial charge in [-0.3, -0.25) is 15.0 Å². The molecule has 0 saturated carbocycles. The van der Waals surface area contributed by atoms with Gasteiger partial charge in [0.2, 0.25) is 5.91 Å². The Kier molecular flexibility index (Phi) is 4.38. The van der Waals surface area contributed by atoms with E-state index in [0.29, 0.717) is 16.3 Å². The van der Waals surface area contributed by atoms with Gasteiger partial charge < -0.3 is 0 Å². The third kappa shape index (κ3) is 3.36. The Morgan fingerprint density at radius 3 is 2.15 bits per heavy atom. The van der Waals surface area contributed by atoms with Crippen LogP contribution >= 0.6 is 11.6 Å². The fourth-order valence-corrected chi connectivity index (χ4v) is 1.76. The standard InChI is InChI=1S/C15H13ClN2O2/c1-11(19)18(15(20)12-5-3-2-4-6-12)17-14-9-7-13(16)8-10-14/h2-10,17H,1H3. The molecule has 0 fully saturated rings. The zero-order valence-electron chi connectivity index (χ0n) is 10.8. The summed E-state index contributed by atoms with van der Waals surface area (Å²) in [5.74, 6) is -0.804. The van der Waals surface area contributed by atoms with Gasteiger partial charge in [-0.05, 0) is 36.4 Å². The van der Waals surface area contributed by atoms with Gasteiger partial charge in [0.05, 0.1) is 5.69 Å². The molecule has 4 nitrogen and oxygen atoms in total. The van der Waals surface area contributed by atoms with Crippen molar-refractivity contribution in [3.8, 4) is 0 Å². The van der Waals surface area contributed by atoms with E-state index in [4.69, 9.17) is 11.6 Å². The first-order valence-electron chi connectivity index (χ1n) is 6.00. The van der Waals surface area contributed by atoms with Crippen LogP contribution in [-0.2, 0) is 4.79 Å². The Morgan fingerprint density at radius 2 is 1.60 bits per heavy atom. The van der Waals surface area contributed by atoms with Crippen LogP contribution in [0.3, 0.4) is 0 Å². The Labute approximate surface area is 121 Å². The number of anilines is 1. The molecule has 20 heavy (non-hydrogen) atoms. The fraction of sp³-hybridized carbons (Fsp3) is 0.0667. The summed E-state index contributed by atoms with van der Waals surface area (Å²) in [7, 11) is 0. The van der Waals surface area contributed by atoms with Crippen molar-refractivity contribution in [3.05, 3.63) is 65.2 Å². The number of carbonyl (C=O) groups excluding carboxylic acids is 2. The summed E-state index contributed by atoms with van der Waals surface area (Å²) in [6.07, 6.45) is 0. The molecule has 0 aromatic heterocycles. The zero-order valence-corrected chi connectivity index (χ0v) is 11.6. The predicted molar refractivity (Wildman–Crippen MR) is 78.4 cm³/mol. The van der Waals surface area contributed by atoms with Crippen LogP contribution in [0, 0.1) is 0 Å². The van der Waals surface area contributed by atoms with Gasteiger partial charge in [-0.25, -0.2) is 0 Å². The highest BCUT2D eigenvalue weighted by molar-refractivity contribution is 6.30. The van der Waals surface area contributed by atoms with Gasteiger partial charge in [-0.15, -0.1) is 0 Å². The zero-order chi connectivity index (χ0) is 14.5. The van der Waals surface area contributed by atoms with Gasteiger partial charge in [0.1, 0.15) is 0 Å². The number of hydrogen-bond donors (Lipinski definition) is 1. The Bertz CT molecular complexity index is 612. The molecule has 0 bridgehead atoms. The van der Waals surface area contributed by atoms with Crippen LogP contribution in [0.2, 0.25) is 5.02 Å². The molecule has 0 aliphatic carbocycles. The van der Waals surface area contributed by atoms with Crippen molar-refractivity contribution in [2.24, 2.45) is 0 Å². The molecule has 2 amide bonds. The van der Waals surface area contributed by atoms with E-state index in [0.717, 1.165) is 5.01 Å². The first-order chi connectivity index (χ1) is 9.58. The van der Waals surface area contributed by atoms with E-state index >= 15 is 0 Å². The minimum absolute atomic E-state index is 0.395. The average molecular weight is 289 g/mol. The van der Waals surface area contributed by atoms with E-state index in [2.05, 4.69) is 5.43 Å². The Morgan fingerprint density at radius 1 is 1.00 bits per heavy atom. The molecule has 0 unspecified atom stereocenters. The van der Waals surface area contributed by atoms with Crippen molar-refractivity contribution in [1.29, 1.82) is 0 Å². The molecule has 0 spiro atoms. The summed E-state index contributed by atoms with van der Waals surface area (Å²) in [6, 6.07) is 15.3. The summed E-state index contributed by atoms with van der Waals surface area (Å²) >= 11 is 5.79. The van der Waals surface area contributed by atoms with E-state index < -0.39 is 11.8 Å². The van der Waals surface area contributed by atoms with Gasteiger partial charge >= 0.3 is 0 Å². The van der Waals surface area contributed by atoms with Crippen LogP contribution in [0.25, 0.3) is 0 Å². The molecule has 2 rings (SSSR count). The third-order valence-electron chi connectivity index (χ3n) is 2.62. The molecule has 0 aliphatic rings. The molecule has 1 N–H and O–H groups in total. The van der Waals surface area contributed by atoms with Gasteiger partial charge in [-0.2, -0.15) is 5.01 Å². The van der Waals surface area contributed by atoms with Crippen molar-refractivity contribution in [2.45, 2.75) is 6.92 Å². The van der Waals surface area contributed by atoms with Crippen LogP contribution in [0.15, 0.2) is 54.6 Å². The first-order valence-corrected chi connectivity index (χ1v) is 6.38. The molecule has 5 heteroatoms. The largest absolute Gasteiger partial charge is 0.289 e. The molecule has 0 heterocycles. The predicted octanol–water partition coefficient (Wildman–Crippen LogP) is 3.36. The molecule has 102 valence electrons. The maximum absolute atomic E-state index is 12.3. The summed E-state index contributed by atoms with van der Waals surface area (Å²) in [5.41, 5.74) is 3.82. The van der Waals surface area contributed by atoms with Crippen molar-refractivity contribution >= 4 is 29.1 Å². The maximum Gasteiger partial charge on any atom is 0.279 e. The molecule has 0 saturated heterocycles. The maximum atomic E-state index is 12.3. The monoisotopic (exact) mass is 288 g/mol. The highest BCUT2D eigenvalue weighted by Crippen LogP contribution is 2.15. The third-order valence-corrected chi connectivity index (χ3v) is 2.88. The number of amides is 2. The van der Waals surface area contributed by atoms with Crippen molar-refractivity contribution in [1.82, 2.24) is 5.01 Å². The number of nitrogens with zero attached hydrogens (tertiary/aromatic N) is 1. The van der Waals surface area contributed by atoms with E-state index in [1.807, 2.05) is 6.07 Å². The van der Waals surface area contributed by atoms with Crippen LogP contribution in [0.1, 0.15) is 17.3 Å². The lowest BCUT2D eigenvalue weighted by Crippen LogP contribution is -2.39. The molecule has 2 aromatic carbocycles. The quantitative estimate of drug-likeness (QED) is 0.881. The van der Waals surface area contributed by atoms with E-state index in [1.54, 1.807) is 48.5 Å². The number of rotatable bonds is 3. The van der Waals surface area contributed by atoms with Crippen molar-refractivity contribution < 1.29 is 9.59 Å². The van der Waals surface area contributed by atoms with E-state index in [-0.39, 0.29) is 0 Å². The van der Waals surface area contributed by atoms with Crippen LogP contribution in [-0.4, -0.2) is 16.8 Å². The molecular formula is C15H13ClN2O2. The highest BCUT2D eigenvalue weighted by Gasteiger charge is 2.19. The lowest BCUT2D eigenvalue weighted by Gasteiger charge is -2.21. The minimum Gasteiger partial charge on any atom is -0.289 e. The number of hydrogen-bond acceptors (Lipinski definition) is 3. The molecule has 0 radical (unpaired) electrons. The average Bonchev–Trinajstić information content (AvgIpc) is 2.46. The van der Waals surface area contributed by atoms with Crippen LogP contribution in [0.5, 0.6) is 0 Å². The van der Waals surface area contributed by atoms with Crippen LogP contribution in [0.4, 0.5) is 5.69 Å². The topological polar surface area (TPSA) is 49.4 Å². The molecule has 2 aromatic rings. The van der Waals surface area contributed by atoms with Gasteiger partial charge in [0.25, 0.3) is 5.91 Å². The normalized spacial score (nSPS) is 9.90. The number of benzene rings is 2. The van der Waals surface area contributed by atoms with E-state index in [9.17, 15) is 9.59 Å². The number of hydrazine groups is 1. The summed E-state index contributed by atoms with van der Waals surface area (Å²) in [6.45, 7) is 1.32. The Balaban J connectivity index is 2.21. The van der Waals surface area contributed by atoms with Crippen molar-refractivity contribution in [2.75, 3.05) is 5.43 Å². The Hall–Kier alpha value is -2.33. The lowest BCUT2D eigenvalue weighted by molar-refractivity contribution is -0.125. The number of imide groups is 1.